The molecule has 27 heavy (non-hydrogen) atoms. The average molecular weight is 412 g/mol. The molecule has 0 saturated carbocycles. The highest BCUT2D eigenvalue weighted by molar-refractivity contribution is 6.32. The summed E-state index contributed by atoms with van der Waals surface area (Å²) in [6.07, 6.45) is -4.90. The Hall–Kier alpha value is -3.09. The van der Waals surface area contributed by atoms with Crippen molar-refractivity contribution in [2.75, 3.05) is 12.8 Å². The molecule has 1 heterocycles. The van der Waals surface area contributed by atoms with Crippen molar-refractivity contribution in [1.29, 1.82) is 0 Å². The summed E-state index contributed by atoms with van der Waals surface area (Å²) in [4.78, 5) is 26.6. The Labute approximate surface area is 152 Å². The Morgan fingerprint density at radius 3 is 2.41 bits per heavy atom. The fourth-order valence-electron chi connectivity index (χ4n) is 2.31. The SMILES string of the molecule is CON=c1c([N+](=O)[O-])c(N)n(C(C)=O)n1-c1c(F)cc(C(F)(F)F)cc1Cl. The molecule has 1 aromatic heterocycles. The molecule has 0 saturated heterocycles. The zero-order valence-corrected chi connectivity index (χ0v) is 14.3. The van der Waals surface area contributed by atoms with Crippen LogP contribution in [0.5, 0.6) is 0 Å². The minimum absolute atomic E-state index is 0.115. The lowest BCUT2D eigenvalue weighted by Crippen LogP contribution is -2.28. The number of anilines is 1. The predicted molar refractivity (Wildman–Crippen MR) is 83.7 cm³/mol. The van der Waals surface area contributed by atoms with Crippen LogP contribution in [0.1, 0.15) is 17.3 Å². The van der Waals surface area contributed by atoms with Crippen molar-refractivity contribution in [3.8, 4) is 5.69 Å². The van der Waals surface area contributed by atoms with Gasteiger partial charge in [-0.05, 0) is 12.1 Å². The Morgan fingerprint density at radius 2 is 2.00 bits per heavy atom. The van der Waals surface area contributed by atoms with Crippen molar-refractivity contribution in [3.63, 3.8) is 0 Å². The number of nitro groups is 1. The van der Waals surface area contributed by atoms with Crippen molar-refractivity contribution in [2.24, 2.45) is 5.16 Å². The molecule has 0 fully saturated rings. The Bertz CT molecular complexity index is 988. The topological polar surface area (TPSA) is 118 Å². The first-order chi connectivity index (χ1) is 12.4. The zero-order chi connectivity index (χ0) is 20.7. The van der Waals surface area contributed by atoms with Crippen LogP contribution < -0.4 is 11.2 Å². The van der Waals surface area contributed by atoms with E-state index in [0.29, 0.717) is 15.4 Å². The number of carbonyl (C=O) groups excluding carboxylic acids is 1. The van der Waals surface area contributed by atoms with Gasteiger partial charge >= 0.3 is 11.9 Å². The molecule has 0 unspecified atom stereocenters. The lowest BCUT2D eigenvalue weighted by molar-refractivity contribution is -0.385. The summed E-state index contributed by atoms with van der Waals surface area (Å²) in [6, 6.07) is 0.507. The number of hydrogen-bond donors (Lipinski definition) is 1. The molecule has 0 aliphatic carbocycles. The third-order valence-electron chi connectivity index (χ3n) is 3.30. The van der Waals surface area contributed by atoms with Crippen LogP contribution in [0.4, 0.5) is 29.1 Å². The van der Waals surface area contributed by atoms with Crippen LogP contribution in [0, 0.1) is 15.9 Å². The number of rotatable bonds is 3. The Balaban J connectivity index is 3.04. The van der Waals surface area contributed by atoms with Crippen molar-refractivity contribution in [1.82, 2.24) is 9.36 Å². The summed E-state index contributed by atoms with van der Waals surface area (Å²) in [5.41, 5.74) is 1.70. The number of nitrogens with two attached hydrogens (primary N) is 1. The van der Waals surface area contributed by atoms with E-state index in [0.717, 1.165) is 14.0 Å². The Kier molecular flexibility index (Phi) is 5.17. The molecule has 0 spiro atoms. The maximum Gasteiger partial charge on any atom is 0.416 e. The van der Waals surface area contributed by atoms with Crippen LogP contribution in [0.25, 0.3) is 5.69 Å². The summed E-state index contributed by atoms with van der Waals surface area (Å²) in [7, 11) is 1.00. The quantitative estimate of drug-likeness (QED) is 0.473. The van der Waals surface area contributed by atoms with Crippen LogP contribution >= 0.6 is 11.6 Å². The van der Waals surface area contributed by atoms with Crippen LogP contribution in [0.2, 0.25) is 5.02 Å². The lowest BCUT2D eigenvalue weighted by Gasteiger charge is -2.14. The van der Waals surface area contributed by atoms with Gasteiger partial charge in [0.1, 0.15) is 12.8 Å². The van der Waals surface area contributed by atoms with Crippen molar-refractivity contribution < 1.29 is 32.1 Å². The lowest BCUT2D eigenvalue weighted by atomic mass is 10.2. The molecule has 146 valence electrons. The van der Waals surface area contributed by atoms with E-state index in [4.69, 9.17) is 17.3 Å². The third-order valence-corrected chi connectivity index (χ3v) is 3.59. The molecule has 14 heteroatoms. The Morgan fingerprint density at radius 1 is 1.41 bits per heavy atom. The first kappa shape index (κ1) is 20.2. The maximum absolute atomic E-state index is 14.5. The molecule has 0 aliphatic heterocycles. The highest BCUT2D eigenvalue weighted by Gasteiger charge is 2.35. The van der Waals surface area contributed by atoms with E-state index in [2.05, 4.69) is 9.99 Å². The van der Waals surface area contributed by atoms with Crippen LogP contribution in [-0.2, 0) is 11.0 Å². The van der Waals surface area contributed by atoms with Gasteiger partial charge in [-0.2, -0.15) is 17.9 Å². The van der Waals surface area contributed by atoms with E-state index >= 15 is 0 Å². The van der Waals surface area contributed by atoms with Gasteiger partial charge < -0.3 is 10.6 Å². The second-order valence-electron chi connectivity index (χ2n) is 5.02. The monoisotopic (exact) mass is 411 g/mol. The minimum Gasteiger partial charge on any atom is -0.397 e. The summed E-state index contributed by atoms with van der Waals surface area (Å²) < 4.78 is 53.9. The van der Waals surface area contributed by atoms with Gasteiger partial charge in [-0.1, -0.05) is 16.8 Å². The molecular weight excluding hydrogens is 402 g/mol. The van der Waals surface area contributed by atoms with E-state index in [1.54, 1.807) is 0 Å². The molecule has 0 atom stereocenters. The van der Waals surface area contributed by atoms with Gasteiger partial charge in [-0.15, -0.1) is 0 Å². The minimum atomic E-state index is -4.90. The highest BCUT2D eigenvalue weighted by Crippen LogP contribution is 2.35. The molecular formula is C13H10ClF4N5O4. The van der Waals surface area contributed by atoms with E-state index < -0.39 is 56.1 Å². The fourth-order valence-corrected chi connectivity index (χ4v) is 2.60. The van der Waals surface area contributed by atoms with Gasteiger partial charge in [-0.3, -0.25) is 14.9 Å². The standard InChI is InChI=1S/C13H10ClF4N5O4/c1-5(24)21-11(19)10(23(25)26)12(20-27-2)22(21)9-7(14)3-6(4-8(9)15)13(16,17)18/h3-4H,19H2,1-2H3. The molecule has 0 aliphatic rings. The van der Waals surface area contributed by atoms with E-state index in [-0.39, 0.29) is 6.07 Å². The fraction of sp³-hybridized carbons (Fsp3) is 0.231. The number of aromatic nitrogens is 2. The number of benzene rings is 1. The van der Waals surface area contributed by atoms with Crippen molar-refractivity contribution in [2.45, 2.75) is 13.1 Å². The number of nitrogens with zero attached hydrogens (tertiary/aromatic N) is 4. The molecule has 2 aromatic rings. The van der Waals surface area contributed by atoms with E-state index in [9.17, 15) is 32.5 Å². The van der Waals surface area contributed by atoms with Crippen molar-refractivity contribution >= 4 is 29.0 Å². The van der Waals surface area contributed by atoms with E-state index in [1.165, 1.54) is 0 Å². The summed E-state index contributed by atoms with van der Waals surface area (Å²) in [5, 5.41) is 13.8. The molecule has 1 aromatic carbocycles. The predicted octanol–water partition coefficient (Wildman–Crippen LogP) is 2.70. The first-order valence-electron chi connectivity index (χ1n) is 6.84. The number of halogens is 5. The van der Waals surface area contributed by atoms with Crippen molar-refractivity contribution in [3.05, 3.63) is 44.1 Å². The highest BCUT2D eigenvalue weighted by atomic mass is 35.5. The normalized spacial score (nSPS) is 12.3. The van der Waals surface area contributed by atoms with Gasteiger partial charge in [0.15, 0.2) is 5.82 Å². The third kappa shape index (κ3) is 3.45. The zero-order valence-electron chi connectivity index (χ0n) is 13.5. The van der Waals surface area contributed by atoms with Gasteiger partial charge in [0.25, 0.3) is 5.49 Å². The van der Waals surface area contributed by atoms with Crippen LogP contribution in [0.15, 0.2) is 17.3 Å². The number of alkyl halides is 3. The smallest absolute Gasteiger partial charge is 0.397 e. The summed E-state index contributed by atoms with van der Waals surface area (Å²) >= 11 is 5.79. The van der Waals surface area contributed by atoms with Gasteiger partial charge in [0, 0.05) is 6.92 Å². The number of hydrogen-bond acceptors (Lipinski definition) is 6. The molecule has 0 amide bonds. The van der Waals surface area contributed by atoms with Gasteiger partial charge in [0.05, 0.1) is 15.5 Å². The van der Waals surface area contributed by atoms with Crippen LogP contribution in [0.3, 0.4) is 0 Å². The second kappa shape index (κ2) is 6.90. The maximum atomic E-state index is 14.5. The van der Waals surface area contributed by atoms with Gasteiger partial charge in [0.2, 0.25) is 11.7 Å². The summed E-state index contributed by atoms with van der Waals surface area (Å²) in [5.74, 6) is -3.20. The van der Waals surface area contributed by atoms with E-state index in [1.807, 2.05) is 0 Å². The van der Waals surface area contributed by atoms with Gasteiger partial charge in [-0.25, -0.2) is 9.07 Å². The summed E-state index contributed by atoms with van der Waals surface area (Å²) in [6.45, 7) is 0.934. The average Bonchev–Trinajstić information content (AvgIpc) is 2.78. The molecule has 2 N–H and O–H groups in total. The largest absolute Gasteiger partial charge is 0.416 e. The number of nitrogen functional groups attached to an aromatic ring is 1. The molecule has 0 radical (unpaired) electrons. The number of carbonyl (C=O) groups is 1. The first-order valence-corrected chi connectivity index (χ1v) is 7.22. The molecule has 0 bridgehead atoms. The van der Waals surface area contributed by atoms with Crippen LogP contribution in [-0.4, -0.2) is 27.3 Å². The molecule has 2 rings (SSSR count). The molecule has 9 nitrogen and oxygen atoms in total. The second-order valence-corrected chi connectivity index (χ2v) is 5.42.